The zero-order valence-corrected chi connectivity index (χ0v) is 10.8. The molecule has 0 aliphatic carbocycles. The summed E-state index contributed by atoms with van der Waals surface area (Å²) in [5.41, 5.74) is 8.25. The number of hydrogen-bond donors (Lipinski definition) is 1. The van der Waals surface area contributed by atoms with Gasteiger partial charge in [-0.2, -0.15) is 11.3 Å². The van der Waals surface area contributed by atoms with Gasteiger partial charge in [-0.15, -0.1) is 0 Å². The normalized spacial score (nSPS) is 11.2. The lowest BCUT2D eigenvalue weighted by atomic mass is 10.3. The number of thiophene rings is 1. The van der Waals surface area contributed by atoms with Crippen LogP contribution in [0.2, 0.25) is 5.02 Å². The Morgan fingerprint density at radius 1 is 1.44 bits per heavy atom. The highest BCUT2D eigenvalue weighted by Crippen LogP contribution is 2.25. The van der Waals surface area contributed by atoms with Gasteiger partial charge >= 0.3 is 0 Å². The van der Waals surface area contributed by atoms with E-state index in [0.717, 1.165) is 11.1 Å². The fourth-order valence-electron chi connectivity index (χ4n) is 1.87. The van der Waals surface area contributed by atoms with Crippen LogP contribution in [0.25, 0.3) is 11.0 Å². The van der Waals surface area contributed by atoms with Crippen LogP contribution < -0.4 is 5.73 Å². The SMILES string of the molecule is Nc1nc2cc(F)c(Cl)cc2n1Cc1ccsc1. The van der Waals surface area contributed by atoms with Crippen LogP contribution in [0.4, 0.5) is 10.3 Å². The second-order valence-electron chi connectivity index (χ2n) is 3.94. The van der Waals surface area contributed by atoms with Crippen LogP contribution in [0.5, 0.6) is 0 Å². The lowest BCUT2D eigenvalue weighted by Gasteiger charge is -2.05. The lowest BCUT2D eigenvalue weighted by Crippen LogP contribution is -2.03. The summed E-state index contributed by atoms with van der Waals surface area (Å²) >= 11 is 7.41. The maximum Gasteiger partial charge on any atom is 0.201 e. The van der Waals surface area contributed by atoms with Gasteiger partial charge < -0.3 is 10.3 Å². The Kier molecular flexibility index (Phi) is 2.72. The Labute approximate surface area is 112 Å². The molecule has 0 unspecified atom stereocenters. The van der Waals surface area contributed by atoms with Gasteiger partial charge in [-0.3, -0.25) is 0 Å². The van der Waals surface area contributed by atoms with E-state index in [1.807, 2.05) is 21.4 Å². The minimum atomic E-state index is -0.482. The topological polar surface area (TPSA) is 43.8 Å². The van der Waals surface area contributed by atoms with E-state index in [1.165, 1.54) is 6.07 Å². The van der Waals surface area contributed by atoms with Crippen molar-refractivity contribution in [1.29, 1.82) is 0 Å². The lowest BCUT2D eigenvalue weighted by molar-refractivity contribution is 0.629. The molecule has 2 N–H and O–H groups in total. The third-order valence-electron chi connectivity index (χ3n) is 2.74. The Balaban J connectivity index is 2.16. The third kappa shape index (κ3) is 1.85. The number of nitrogens with two attached hydrogens (primary N) is 1. The molecule has 0 aliphatic rings. The van der Waals surface area contributed by atoms with Crippen molar-refractivity contribution in [2.75, 3.05) is 5.73 Å². The van der Waals surface area contributed by atoms with Crippen LogP contribution in [0.1, 0.15) is 5.56 Å². The molecule has 0 saturated heterocycles. The maximum absolute atomic E-state index is 13.3. The van der Waals surface area contributed by atoms with E-state index >= 15 is 0 Å². The van der Waals surface area contributed by atoms with Gasteiger partial charge in [0.1, 0.15) is 5.82 Å². The number of hydrogen-bond acceptors (Lipinski definition) is 3. The number of fused-ring (bicyclic) bond motifs is 1. The van der Waals surface area contributed by atoms with Gasteiger partial charge in [0.2, 0.25) is 5.95 Å². The van der Waals surface area contributed by atoms with Crippen LogP contribution in [-0.2, 0) is 6.54 Å². The van der Waals surface area contributed by atoms with Crippen LogP contribution >= 0.6 is 22.9 Å². The van der Waals surface area contributed by atoms with Crippen molar-refractivity contribution in [3.8, 4) is 0 Å². The fourth-order valence-corrected chi connectivity index (χ4v) is 2.69. The van der Waals surface area contributed by atoms with E-state index in [1.54, 1.807) is 17.4 Å². The largest absolute Gasteiger partial charge is 0.369 e. The number of nitrogens with zero attached hydrogens (tertiary/aromatic N) is 2. The second-order valence-corrected chi connectivity index (χ2v) is 5.13. The van der Waals surface area contributed by atoms with E-state index in [9.17, 15) is 4.39 Å². The molecule has 1 aromatic carbocycles. The number of aromatic nitrogens is 2. The molecule has 2 aromatic heterocycles. The third-order valence-corrected chi connectivity index (χ3v) is 3.76. The number of imidazole rings is 1. The molecule has 6 heteroatoms. The Bertz CT molecular complexity index is 706. The van der Waals surface area contributed by atoms with Crippen molar-refractivity contribution in [3.63, 3.8) is 0 Å². The van der Waals surface area contributed by atoms with Crippen molar-refractivity contribution in [2.45, 2.75) is 6.54 Å². The first-order valence-electron chi connectivity index (χ1n) is 5.27. The summed E-state index contributed by atoms with van der Waals surface area (Å²) in [4.78, 5) is 4.14. The minimum absolute atomic E-state index is 0.0777. The van der Waals surface area contributed by atoms with E-state index in [4.69, 9.17) is 17.3 Å². The van der Waals surface area contributed by atoms with Crippen molar-refractivity contribution in [1.82, 2.24) is 9.55 Å². The molecule has 0 aliphatic heterocycles. The summed E-state index contributed by atoms with van der Waals surface area (Å²) < 4.78 is 15.2. The van der Waals surface area contributed by atoms with Gasteiger partial charge in [0.05, 0.1) is 22.6 Å². The fraction of sp³-hybridized carbons (Fsp3) is 0.0833. The maximum atomic E-state index is 13.3. The molecule has 92 valence electrons. The quantitative estimate of drug-likeness (QED) is 0.781. The predicted octanol–water partition coefficient (Wildman–Crippen LogP) is 3.52. The van der Waals surface area contributed by atoms with Gasteiger partial charge in [-0.25, -0.2) is 9.37 Å². The highest BCUT2D eigenvalue weighted by molar-refractivity contribution is 7.07. The molecule has 0 radical (unpaired) electrons. The molecule has 3 nitrogen and oxygen atoms in total. The number of halogens is 2. The first-order chi connectivity index (χ1) is 8.65. The molecule has 3 aromatic rings. The Morgan fingerprint density at radius 2 is 2.28 bits per heavy atom. The monoisotopic (exact) mass is 281 g/mol. The van der Waals surface area contributed by atoms with Crippen molar-refractivity contribution < 1.29 is 4.39 Å². The summed E-state index contributed by atoms with van der Waals surface area (Å²) in [5.74, 6) is -0.123. The van der Waals surface area contributed by atoms with E-state index < -0.39 is 5.82 Å². The number of rotatable bonds is 2. The zero-order chi connectivity index (χ0) is 12.7. The van der Waals surface area contributed by atoms with Gasteiger partial charge in [0.15, 0.2) is 0 Å². The standard InChI is InChI=1S/C12H9ClFN3S/c13-8-3-11-10(4-9(8)14)16-12(15)17(11)5-7-1-2-18-6-7/h1-4,6H,5H2,(H2,15,16). The molecule has 18 heavy (non-hydrogen) atoms. The summed E-state index contributed by atoms with van der Waals surface area (Å²) in [6.07, 6.45) is 0. The van der Waals surface area contributed by atoms with E-state index in [0.29, 0.717) is 18.0 Å². The number of nitrogen functional groups attached to an aromatic ring is 1. The van der Waals surface area contributed by atoms with Crippen molar-refractivity contribution in [3.05, 3.63) is 45.4 Å². The van der Waals surface area contributed by atoms with E-state index in [2.05, 4.69) is 4.98 Å². The average molecular weight is 282 g/mol. The smallest absolute Gasteiger partial charge is 0.201 e. The highest BCUT2D eigenvalue weighted by Gasteiger charge is 2.12. The second kappa shape index (κ2) is 4.26. The van der Waals surface area contributed by atoms with E-state index in [-0.39, 0.29) is 5.02 Å². The molecule has 0 amide bonds. The molecular formula is C12H9ClFN3S. The molecule has 0 atom stereocenters. The number of benzene rings is 1. The predicted molar refractivity (Wildman–Crippen MR) is 72.5 cm³/mol. The molecule has 3 rings (SSSR count). The molecular weight excluding hydrogens is 273 g/mol. The minimum Gasteiger partial charge on any atom is -0.369 e. The van der Waals surface area contributed by atoms with Gasteiger partial charge in [0, 0.05) is 6.07 Å². The van der Waals surface area contributed by atoms with Crippen molar-refractivity contribution >= 4 is 39.9 Å². The Hall–Kier alpha value is -1.59. The molecule has 0 bridgehead atoms. The van der Waals surface area contributed by atoms with Crippen LogP contribution in [0.3, 0.4) is 0 Å². The van der Waals surface area contributed by atoms with Crippen LogP contribution in [-0.4, -0.2) is 9.55 Å². The summed E-state index contributed by atoms with van der Waals surface area (Å²) in [5, 5.41) is 4.11. The number of anilines is 1. The zero-order valence-electron chi connectivity index (χ0n) is 9.23. The Morgan fingerprint density at radius 3 is 3.00 bits per heavy atom. The average Bonchev–Trinajstić information content (AvgIpc) is 2.92. The summed E-state index contributed by atoms with van der Waals surface area (Å²) in [6, 6.07) is 4.88. The molecule has 0 fully saturated rings. The highest BCUT2D eigenvalue weighted by atomic mass is 35.5. The molecule has 0 spiro atoms. The van der Waals surface area contributed by atoms with Gasteiger partial charge in [0.25, 0.3) is 0 Å². The molecule has 2 heterocycles. The molecule has 0 saturated carbocycles. The first kappa shape index (κ1) is 11.5. The summed E-state index contributed by atoms with van der Waals surface area (Å²) in [6.45, 7) is 0.605. The van der Waals surface area contributed by atoms with Crippen molar-refractivity contribution in [2.24, 2.45) is 0 Å². The van der Waals surface area contributed by atoms with Crippen LogP contribution in [0.15, 0.2) is 29.0 Å². The van der Waals surface area contributed by atoms with Gasteiger partial charge in [-0.1, -0.05) is 11.6 Å². The first-order valence-corrected chi connectivity index (χ1v) is 6.59. The van der Waals surface area contributed by atoms with Crippen LogP contribution in [0, 0.1) is 5.82 Å². The summed E-state index contributed by atoms with van der Waals surface area (Å²) in [7, 11) is 0. The van der Waals surface area contributed by atoms with Gasteiger partial charge in [-0.05, 0) is 28.5 Å².